The second-order valence-corrected chi connectivity index (χ2v) is 7.89. The molecule has 0 radical (unpaired) electrons. The third-order valence-electron chi connectivity index (χ3n) is 5.30. The number of nitrogens with zero attached hydrogens (tertiary/aromatic N) is 5. The van der Waals surface area contributed by atoms with Crippen molar-refractivity contribution in [3.8, 4) is 17.3 Å². The molecule has 29 heavy (non-hydrogen) atoms. The molecule has 0 saturated heterocycles. The summed E-state index contributed by atoms with van der Waals surface area (Å²) in [5.41, 5.74) is 3.12. The number of fused-ring (bicyclic) bond motifs is 1. The number of hydrogen-bond donors (Lipinski definition) is 1. The van der Waals surface area contributed by atoms with Crippen molar-refractivity contribution < 1.29 is 0 Å². The number of aromatic amines is 1. The van der Waals surface area contributed by atoms with E-state index in [0.29, 0.717) is 22.5 Å². The van der Waals surface area contributed by atoms with Gasteiger partial charge in [0.15, 0.2) is 5.65 Å². The van der Waals surface area contributed by atoms with Crippen LogP contribution in [0, 0.1) is 11.3 Å². The molecule has 0 bridgehead atoms. The summed E-state index contributed by atoms with van der Waals surface area (Å²) in [6.07, 6.45) is 5.14. The Morgan fingerprint density at radius 2 is 1.93 bits per heavy atom. The van der Waals surface area contributed by atoms with Crippen LogP contribution in [0.5, 0.6) is 0 Å². The van der Waals surface area contributed by atoms with Crippen LogP contribution in [0.4, 0.5) is 0 Å². The molecule has 0 fully saturated rings. The van der Waals surface area contributed by atoms with Crippen LogP contribution in [0.1, 0.15) is 50.3 Å². The molecule has 1 N–H and O–H groups in total. The van der Waals surface area contributed by atoms with Crippen LogP contribution in [0.3, 0.4) is 0 Å². The van der Waals surface area contributed by atoms with Gasteiger partial charge in [-0.15, -0.1) is 0 Å². The van der Waals surface area contributed by atoms with Crippen LogP contribution < -0.4 is 5.56 Å². The smallest absolute Gasteiger partial charge is 0.276 e. The lowest BCUT2D eigenvalue weighted by Crippen LogP contribution is -2.28. The van der Waals surface area contributed by atoms with Gasteiger partial charge in [-0.2, -0.15) is 10.4 Å². The molecule has 4 aromatic rings. The lowest BCUT2D eigenvalue weighted by Gasteiger charge is -2.26. The Kier molecular flexibility index (Phi) is 4.35. The van der Waals surface area contributed by atoms with Gasteiger partial charge in [0, 0.05) is 23.5 Å². The fourth-order valence-corrected chi connectivity index (χ4v) is 3.58. The highest BCUT2D eigenvalue weighted by molar-refractivity contribution is 5.67. The zero-order valence-corrected chi connectivity index (χ0v) is 16.8. The summed E-state index contributed by atoms with van der Waals surface area (Å²) in [6.45, 7) is 8.10. The van der Waals surface area contributed by atoms with Crippen molar-refractivity contribution in [2.45, 2.75) is 39.2 Å². The Bertz CT molecular complexity index is 1280. The van der Waals surface area contributed by atoms with E-state index < -0.39 is 0 Å². The average Bonchev–Trinajstić information content (AvgIpc) is 3.35. The van der Waals surface area contributed by atoms with Gasteiger partial charge in [-0.1, -0.05) is 44.2 Å². The molecule has 0 atom stereocenters. The first kappa shape index (κ1) is 18.7. The van der Waals surface area contributed by atoms with E-state index >= 15 is 0 Å². The van der Waals surface area contributed by atoms with E-state index in [-0.39, 0.29) is 17.0 Å². The first-order valence-corrected chi connectivity index (χ1v) is 9.49. The SMILES string of the molecule is CC(C)c1c(-c2cnn(C(C)(C)c3ccccc3)c2)nc2c(C#N)c[nH]n2c1=O. The van der Waals surface area contributed by atoms with Crippen LogP contribution in [-0.4, -0.2) is 24.4 Å². The monoisotopic (exact) mass is 386 g/mol. The highest BCUT2D eigenvalue weighted by Crippen LogP contribution is 2.30. The molecular formula is C22H22N6O. The minimum atomic E-state index is -0.372. The lowest BCUT2D eigenvalue weighted by atomic mass is 9.94. The molecule has 0 aliphatic carbocycles. The average molecular weight is 386 g/mol. The summed E-state index contributed by atoms with van der Waals surface area (Å²) in [7, 11) is 0. The summed E-state index contributed by atoms with van der Waals surface area (Å²) in [5, 5.41) is 16.8. The number of hydrogen-bond acceptors (Lipinski definition) is 4. The van der Waals surface area contributed by atoms with E-state index in [1.165, 1.54) is 10.7 Å². The third-order valence-corrected chi connectivity index (χ3v) is 5.30. The predicted molar refractivity (Wildman–Crippen MR) is 111 cm³/mol. The van der Waals surface area contributed by atoms with Crippen molar-refractivity contribution in [2.24, 2.45) is 0 Å². The first-order chi connectivity index (χ1) is 13.8. The fourth-order valence-electron chi connectivity index (χ4n) is 3.58. The molecule has 0 unspecified atom stereocenters. The van der Waals surface area contributed by atoms with Gasteiger partial charge < -0.3 is 0 Å². The second-order valence-electron chi connectivity index (χ2n) is 7.89. The van der Waals surface area contributed by atoms with Crippen LogP contribution in [-0.2, 0) is 5.54 Å². The van der Waals surface area contributed by atoms with Gasteiger partial charge in [-0.3, -0.25) is 14.6 Å². The third kappa shape index (κ3) is 2.93. The minimum Gasteiger partial charge on any atom is -0.295 e. The lowest BCUT2D eigenvalue weighted by molar-refractivity contribution is 0.391. The van der Waals surface area contributed by atoms with Crippen LogP contribution in [0.25, 0.3) is 16.9 Å². The van der Waals surface area contributed by atoms with E-state index in [2.05, 4.69) is 47.2 Å². The zero-order valence-electron chi connectivity index (χ0n) is 16.8. The van der Waals surface area contributed by atoms with E-state index in [0.717, 1.165) is 11.1 Å². The van der Waals surface area contributed by atoms with Crippen molar-refractivity contribution in [3.05, 3.63) is 76.0 Å². The maximum absolute atomic E-state index is 13.1. The molecule has 7 nitrogen and oxygen atoms in total. The molecule has 0 amide bonds. The van der Waals surface area contributed by atoms with Gasteiger partial charge in [0.1, 0.15) is 11.6 Å². The fraction of sp³-hybridized carbons (Fsp3) is 0.273. The van der Waals surface area contributed by atoms with Gasteiger partial charge >= 0.3 is 0 Å². The highest BCUT2D eigenvalue weighted by Gasteiger charge is 2.26. The normalized spacial score (nSPS) is 11.9. The van der Waals surface area contributed by atoms with Gasteiger partial charge in [-0.05, 0) is 25.3 Å². The maximum atomic E-state index is 13.1. The molecule has 146 valence electrons. The molecule has 0 saturated carbocycles. The number of H-pyrrole nitrogens is 1. The Labute approximate surface area is 168 Å². The summed E-state index contributed by atoms with van der Waals surface area (Å²) >= 11 is 0. The first-order valence-electron chi connectivity index (χ1n) is 9.49. The van der Waals surface area contributed by atoms with Crippen molar-refractivity contribution in [2.75, 3.05) is 0 Å². The number of rotatable bonds is 4. The molecule has 0 aliphatic rings. The summed E-state index contributed by atoms with van der Waals surface area (Å²) < 4.78 is 3.21. The van der Waals surface area contributed by atoms with Crippen LogP contribution >= 0.6 is 0 Å². The molecule has 0 spiro atoms. The van der Waals surface area contributed by atoms with E-state index in [1.807, 2.05) is 42.9 Å². The second kappa shape index (κ2) is 6.74. The molecule has 1 aromatic carbocycles. The van der Waals surface area contributed by atoms with Crippen molar-refractivity contribution in [3.63, 3.8) is 0 Å². The molecule has 3 aromatic heterocycles. The Balaban J connectivity index is 1.91. The van der Waals surface area contributed by atoms with Crippen molar-refractivity contribution in [1.29, 1.82) is 5.26 Å². The van der Waals surface area contributed by atoms with Gasteiger partial charge in [0.05, 0.1) is 17.4 Å². The van der Waals surface area contributed by atoms with Crippen molar-refractivity contribution >= 4 is 5.65 Å². The maximum Gasteiger partial charge on any atom is 0.276 e. The molecule has 7 heteroatoms. The topological polar surface area (TPSA) is 91.8 Å². The van der Waals surface area contributed by atoms with Crippen LogP contribution in [0.15, 0.2) is 53.7 Å². The number of aromatic nitrogens is 5. The van der Waals surface area contributed by atoms with E-state index in [1.54, 1.807) is 6.20 Å². The highest BCUT2D eigenvalue weighted by atomic mass is 16.1. The number of benzene rings is 1. The minimum absolute atomic E-state index is 0.0405. The van der Waals surface area contributed by atoms with Crippen LogP contribution in [0.2, 0.25) is 0 Å². The van der Waals surface area contributed by atoms with E-state index in [4.69, 9.17) is 0 Å². The Morgan fingerprint density at radius 1 is 1.21 bits per heavy atom. The zero-order chi connectivity index (χ0) is 20.8. The predicted octanol–water partition coefficient (Wildman–Crippen LogP) is 3.66. The van der Waals surface area contributed by atoms with Crippen molar-refractivity contribution in [1.82, 2.24) is 24.4 Å². The van der Waals surface area contributed by atoms with Gasteiger partial charge in [0.25, 0.3) is 5.56 Å². The van der Waals surface area contributed by atoms with Gasteiger partial charge in [0.2, 0.25) is 0 Å². The van der Waals surface area contributed by atoms with E-state index in [9.17, 15) is 10.1 Å². The molecule has 0 aliphatic heterocycles. The molecular weight excluding hydrogens is 364 g/mol. The molecule has 3 heterocycles. The Hall–Kier alpha value is -3.66. The number of nitriles is 1. The quantitative estimate of drug-likeness (QED) is 0.579. The molecule has 4 rings (SSSR count). The summed E-state index contributed by atoms with van der Waals surface area (Å²) in [4.78, 5) is 17.8. The Morgan fingerprint density at radius 3 is 2.59 bits per heavy atom. The van der Waals surface area contributed by atoms with Gasteiger partial charge in [-0.25, -0.2) is 9.50 Å². The number of nitrogens with one attached hydrogen (secondary N) is 1. The summed E-state index contributed by atoms with van der Waals surface area (Å²) in [6, 6.07) is 12.2. The summed E-state index contributed by atoms with van der Waals surface area (Å²) in [5.74, 6) is -0.0405. The standard InChI is InChI=1S/C22H22N6O/c1-14(2)18-19(26-20-15(10-23)11-25-28(20)21(18)29)16-12-24-27(13-16)22(3,4)17-8-6-5-7-9-17/h5-9,11-14,25H,1-4H3. The largest absolute Gasteiger partial charge is 0.295 e.